The van der Waals surface area contributed by atoms with E-state index in [9.17, 15) is 14.4 Å². The lowest BCUT2D eigenvalue weighted by atomic mass is 9.96. The summed E-state index contributed by atoms with van der Waals surface area (Å²) in [6.07, 6.45) is -0.0283. The Morgan fingerprint density at radius 2 is 2.00 bits per heavy atom. The maximum atomic E-state index is 11.8. The third kappa shape index (κ3) is 5.50. The van der Waals surface area contributed by atoms with Crippen molar-refractivity contribution >= 4 is 34.3 Å². The van der Waals surface area contributed by atoms with Crippen LogP contribution in [0.1, 0.15) is 33.4 Å². The first-order valence-electron chi connectivity index (χ1n) is 6.37. The van der Waals surface area contributed by atoms with Crippen LogP contribution in [0.15, 0.2) is 5.38 Å². The van der Waals surface area contributed by atoms with E-state index in [0.29, 0.717) is 10.8 Å². The normalized spacial score (nSPS) is 12.6. The number of carboxylic acids is 1. The van der Waals surface area contributed by atoms with Gasteiger partial charge in [0.2, 0.25) is 11.8 Å². The van der Waals surface area contributed by atoms with Crippen LogP contribution in [0.5, 0.6) is 0 Å². The summed E-state index contributed by atoms with van der Waals surface area (Å²) < 4.78 is 0. The van der Waals surface area contributed by atoms with Gasteiger partial charge in [0.15, 0.2) is 5.13 Å². The smallest absolute Gasteiger partial charge is 0.325 e. The van der Waals surface area contributed by atoms with Gasteiger partial charge in [0.25, 0.3) is 0 Å². The van der Waals surface area contributed by atoms with Crippen LogP contribution in [0.4, 0.5) is 5.13 Å². The number of aromatic nitrogens is 1. The lowest BCUT2D eigenvalue weighted by Crippen LogP contribution is -2.39. The predicted octanol–water partition coefficient (Wildman–Crippen LogP) is 1.26. The highest BCUT2D eigenvalue weighted by atomic mass is 32.1. The van der Waals surface area contributed by atoms with E-state index >= 15 is 0 Å². The molecule has 1 rings (SSSR count). The fourth-order valence-corrected chi connectivity index (χ4v) is 1.95. The van der Waals surface area contributed by atoms with Gasteiger partial charge < -0.3 is 15.7 Å². The summed E-state index contributed by atoms with van der Waals surface area (Å²) in [5.74, 6) is -1.68. The lowest BCUT2D eigenvalue weighted by Gasteiger charge is -2.15. The molecule has 2 amide bonds. The third-order valence-electron chi connectivity index (χ3n) is 2.54. The maximum absolute atomic E-state index is 11.8. The summed E-state index contributed by atoms with van der Waals surface area (Å²) in [4.78, 5) is 38.2. The van der Waals surface area contributed by atoms with E-state index < -0.39 is 23.3 Å². The summed E-state index contributed by atoms with van der Waals surface area (Å²) in [7, 11) is 0. The highest BCUT2D eigenvalue weighted by molar-refractivity contribution is 7.13. The number of thiazole rings is 1. The van der Waals surface area contributed by atoms with Gasteiger partial charge in [-0.05, 0) is 6.92 Å². The van der Waals surface area contributed by atoms with E-state index in [4.69, 9.17) is 5.11 Å². The van der Waals surface area contributed by atoms with Crippen LogP contribution in [0.3, 0.4) is 0 Å². The monoisotopic (exact) mass is 313 g/mol. The van der Waals surface area contributed by atoms with Crippen molar-refractivity contribution in [1.29, 1.82) is 0 Å². The van der Waals surface area contributed by atoms with Crippen molar-refractivity contribution in [3.05, 3.63) is 11.1 Å². The number of carboxylic acid groups (broad SMARTS) is 1. The fraction of sp³-hybridized carbons (Fsp3) is 0.538. The van der Waals surface area contributed by atoms with Crippen LogP contribution >= 0.6 is 11.3 Å². The van der Waals surface area contributed by atoms with E-state index in [0.717, 1.165) is 0 Å². The molecule has 0 unspecified atom stereocenters. The minimum absolute atomic E-state index is 0.0283. The topological polar surface area (TPSA) is 108 Å². The largest absolute Gasteiger partial charge is 0.480 e. The SMILES string of the molecule is C[C@@H](NC(=O)Cc1csc(NC(=O)C(C)(C)C)n1)C(=O)O. The second-order valence-electron chi connectivity index (χ2n) is 5.65. The fourth-order valence-electron chi connectivity index (χ4n) is 1.25. The number of hydrogen-bond acceptors (Lipinski definition) is 5. The van der Waals surface area contributed by atoms with Gasteiger partial charge in [-0.1, -0.05) is 20.8 Å². The minimum atomic E-state index is -1.10. The third-order valence-corrected chi connectivity index (χ3v) is 3.35. The molecule has 116 valence electrons. The molecule has 0 fully saturated rings. The summed E-state index contributed by atoms with van der Waals surface area (Å²) in [5.41, 5.74) is -0.0422. The first kappa shape index (κ1) is 17.1. The number of anilines is 1. The summed E-state index contributed by atoms with van der Waals surface area (Å²) in [5, 5.41) is 15.8. The van der Waals surface area contributed by atoms with Crippen molar-refractivity contribution in [2.24, 2.45) is 5.41 Å². The highest BCUT2D eigenvalue weighted by Crippen LogP contribution is 2.20. The summed E-state index contributed by atoms with van der Waals surface area (Å²) in [6.45, 7) is 6.75. The summed E-state index contributed by atoms with van der Waals surface area (Å²) in [6, 6.07) is -0.948. The van der Waals surface area contributed by atoms with Crippen molar-refractivity contribution in [3.63, 3.8) is 0 Å². The second kappa shape index (κ2) is 6.66. The quantitative estimate of drug-likeness (QED) is 0.758. The van der Waals surface area contributed by atoms with Crippen LogP contribution in [0.2, 0.25) is 0 Å². The predicted molar refractivity (Wildman–Crippen MR) is 79.1 cm³/mol. The Kier molecular flexibility index (Phi) is 5.42. The van der Waals surface area contributed by atoms with Crippen LogP contribution < -0.4 is 10.6 Å². The molecule has 0 aliphatic carbocycles. The molecule has 8 heteroatoms. The van der Waals surface area contributed by atoms with E-state index in [-0.39, 0.29) is 12.3 Å². The molecule has 1 aromatic rings. The molecule has 1 heterocycles. The molecule has 3 N–H and O–H groups in total. The Balaban J connectivity index is 2.58. The van der Waals surface area contributed by atoms with Crippen molar-refractivity contribution in [3.8, 4) is 0 Å². The average Bonchev–Trinajstić information content (AvgIpc) is 2.74. The standard InChI is InChI=1S/C13H19N3O4S/c1-7(10(18)19)14-9(17)5-8-6-21-12(15-8)16-11(20)13(2,3)4/h6-7H,5H2,1-4H3,(H,14,17)(H,18,19)(H,15,16,20)/t7-/m1/s1. The first-order chi connectivity index (χ1) is 9.59. The number of carbonyl (C=O) groups excluding carboxylic acids is 2. The molecule has 7 nitrogen and oxygen atoms in total. The van der Waals surface area contributed by atoms with Crippen molar-refractivity contribution in [1.82, 2.24) is 10.3 Å². The van der Waals surface area contributed by atoms with Crippen LogP contribution in [0.25, 0.3) is 0 Å². The van der Waals surface area contributed by atoms with Crippen molar-refractivity contribution in [2.45, 2.75) is 40.2 Å². The molecule has 1 aromatic heterocycles. The number of carbonyl (C=O) groups is 3. The number of hydrogen-bond donors (Lipinski definition) is 3. The Morgan fingerprint density at radius 3 is 2.52 bits per heavy atom. The number of rotatable bonds is 5. The molecule has 1 atom stereocenters. The Hall–Kier alpha value is -1.96. The average molecular weight is 313 g/mol. The van der Waals surface area contributed by atoms with Crippen LogP contribution in [0, 0.1) is 5.41 Å². The van der Waals surface area contributed by atoms with E-state index in [2.05, 4.69) is 15.6 Å². The van der Waals surface area contributed by atoms with Crippen molar-refractivity contribution in [2.75, 3.05) is 5.32 Å². The minimum Gasteiger partial charge on any atom is -0.480 e. The number of nitrogens with one attached hydrogen (secondary N) is 2. The van der Waals surface area contributed by atoms with Gasteiger partial charge in [0.1, 0.15) is 6.04 Å². The Bertz CT molecular complexity index is 548. The van der Waals surface area contributed by atoms with Gasteiger partial charge in [-0.2, -0.15) is 0 Å². The van der Waals surface area contributed by atoms with Gasteiger partial charge in [-0.3, -0.25) is 14.4 Å². The van der Waals surface area contributed by atoms with Gasteiger partial charge in [-0.15, -0.1) is 11.3 Å². The second-order valence-corrected chi connectivity index (χ2v) is 6.51. The molecular formula is C13H19N3O4S. The van der Waals surface area contributed by atoms with Gasteiger partial charge in [0.05, 0.1) is 12.1 Å². The Morgan fingerprint density at radius 1 is 1.38 bits per heavy atom. The van der Waals surface area contributed by atoms with Gasteiger partial charge in [-0.25, -0.2) is 4.98 Å². The zero-order chi connectivity index (χ0) is 16.2. The molecule has 0 aromatic carbocycles. The zero-order valence-electron chi connectivity index (χ0n) is 12.4. The number of aliphatic carboxylic acids is 1. The maximum Gasteiger partial charge on any atom is 0.325 e. The molecule has 0 bridgehead atoms. The van der Waals surface area contributed by atoms with Crippen LogP contribution in [-0.4, -0.2) is 33.9 Å². The van der Waals surface area contributed by atoms with E-state index in [1.165, 1.54) is 18.3 Å². The van der Waals surface area contributed by atoms with Crippen LogP contribution in [-0.2, 0) is 20.8 Å². The van der Waals surface area contributed by atoms with Gasteiger partial charge in [0, 0.05) is 10.8 Å². The number of nitrogens with zero attached hydrogens (tertiary/aromatic N) is 1. The zero-order valence-corrected chi connectivity index (χ0v) is 13.2. The van der Waals surface area contributed by atoms with Crippen molar-refractivity contribution < 1.29 is 19.5 Å². The molecule has 0 saturated carbocycles. The van der Waals surface area contributed by atoms with E-state index in [1.54, 1.807) is 26.2 Å². The molecule has 0 aliphatic rings. The molecule has 0 spiro atoms. The molecular weight excluding hydrogens is 294 g/mol. The molecule has 21 heavy (non-hydrogen) atoms. The Labute approximate surface area is 126 Å². The first-order valence-corrected chi connectivity index (χ1v) is 7.25. The number of amides is 2. The van der Waals surface area contributed by atoms with E-state index in [1.807, 2.05) is 0 Å². The highest BCUT2D eigenvalue weighted by Gasteiger charge is 2.22. The molecule has 0 saturated heterocycles. The molecule has 0 aliphatic heterocycles. The molecule has 0 radical (unpaired) electrons. The van der Waals surface area contributed by atoms with Gasteiger partial charge >= 0.3 is 5.97 Å². The summed E-state index contributed by atoms with van der Waals surface area (Å²) >= 11 is 1.22. The lowest BCUT2D eigenvalue weighted by molar-refractivity contribution is -0.141.